The molecule has 0 radical (unpaired) electrons. The maximum atomic E-state index is 13.3. The molecule has 1 aromatic heterocycles. The van der Waals surface area contributed by atoms with Gasteiger partial charge < -0.3 is 10.3 Å². The van der Waals surface area contributed by atoms with Gasteiger partial charge in [-0.05, 0) is 60.4 Å². The Kier molecular flexibility index (Phi) is 7.56. The molecule has 0 aliphatic rings. The number of carbonyl (C=O) groups is 1. The van der Waals surface area contributed by atoms with Gasteiger partial charge in [0.2, 0.25) is 10.0 Å². The summed E-state index contributed by atoms with van der Waals surface area (Å²) in [7, 11) is -3.66. The first-order valence-corrected chi connectivity index (χ1v) is 13.5. The number of amides is 1. The lowest BCUT2D eigenvalue weighted by atomic mass is 10.1. The molecule has 3 aromatic carbocycles. The normalized spacial score (nSPS) is 12.1. The van der Waals surface area contributed by atoms with Crippen molar-refractivity contribution in [1.29, 1.82) is 0 Å². The van der Waals surface area contributed by atoms with Crippen LogP contribution in [0.1, 0.15) is 38.1 Å². The van der Waals surface area contributed by atoms with E-state index >= 15 is 0 Å². The van der Waals surface area contributed by atoms with Crippen LogP contribution < -0.4 is 5.32 Å². The Morgan fingerprint density at radius 2 is 1.50 bits per heavy atom. The van der Waals surface area contributed by atoms with Gasteiger partial charge >= 0.3 is 0 Å². The number of imidazole rings is 1. The van der Waals surface area contributed by atoms with E-state index in [9.17, 15) is 13.2 Å². The van der Waals surface area contributed by atoms with E-state index in [-0.39, 0.29) is 22.6 Å². The van der Waals surface area contributed by atoms with Crippen molar-refractivity contribution in [3.63, 3.8) is 0 Å². The van der Waals surface area contributed by atoms with E-state index in [1.807, 2.05) is 76.2 Å². The number of carbonyl (C=O) groups excluding carboxylic acids is 1. The van der Waals surface area contributed by atoms with Crippen LogP contribution in [0.25, 0.3) is 22.4 Å². The number of nitrogens with one attached hydrogen (secondary N) is 2. The molecule has 0 aliphatic heterocycles. The Hall–Kier alpha value is -3.49. The zero-order valence-corrected chi connectivity index (χ0v) is 21.8. The third-order valence-corrected chi connectivity index (χ3v) is 7.56. The van der Waals surface area contributed by atoms with Gasteiger partial charge in [-0.3, -0.25) is 4.79 Å². The van der Waals surface area contributed by atoms with Gasteiger partial charge in [0, 0.05) is 24.2 Å². The van der Waals surface area contributed by atoms with Crippen LogP contribution in [0.5, 0.6) is 0 Å². The topological polar surface area (TPSA) is 95.2 Å². The molecular formula is C28H32N4O3S. The minimum Gasteiger partial charge on any atom is -0.338 e. The number of rotatable bonds is 9. The molecule has 4 aromatic rings. The standard InChI is InChI=1S/C28H32N4O3S/c1-19(2)17-32(18-20(3)4)36(34,35)22-15-13-21(14-16-22)28(33)31-24-10-6-5-9-23(24)27-29-25-11-7-8-12-26(25)30-27/h5-16,19-20H,17-18H2,1-4H3,(H,29,30)(H,31,33). The summed E-state index contributed by atoms with van der Waals surface area (Å²) in [6.45, 7) is 8.89. The van der Waals surface area contributed by atoms with E-state index in [2.05, 4.69) is 15.3 Å². The zero-order valence-electron chi connectivity index (χ0n) is 21.0. The van der Waals surface area contributed by atoms with Crippen molar-refractivity contribution in [3.8, 4) is 11.4 Å². The zero-order chi connectivity index (χ0) is 25.9. The fourth-order valence-corrected chi connectivity index (χ4v) is 5.85. The molecule has 2 N–H and O–H groups in total. The van der Waals surface area contributed by atoms with Gasteiger partial charge in [-0.25, -0.2) is 13.4 Å². The number of benzene rings is 3. The molecule has 0 atom stereocenters. The minimum atomic E-state index is -3.66. The van der Waals surface area contributed by atoms with Crippen molar-refractivity contribution in [3.05, 3.63) is 78.4 Å². The predicted molar refractivity (Wildman–Crippen MR) is 144 cm³/mol. The average Bonchev–Trinajstić information content (AvgIpc) is 3.27. The van der Waals surface area contributed by atoms with Gasteiger partial charge in [-0.1, -0.05) is 52.0 Å². The Balaban J connectivity index is 1.56. The Morgan fingerprint density at radius 3 is 2.14 bits per heavy atom. The molecule has 0 bridgehead atoms. The molecule has 4 rings (SSSR count). The van der Waals surface area contributed by atoms with E-state index in [1.54, 1.807) is 12.1 Å². The highest BCUT2D eigenvalue weighted by Crippen LogP contribution is 2.28. The quantitative estimate of drug-likeness (QED) is 0.302. The molecule has 0 saturated heterocycles. The number of hydrogen-bond acceptors (Lipinski definition) is 4. The molecule has 36 heavy (non-hydrogen) atoms. The Morgan fingerprint density at radius 1 is 0.889 bits per heavy atom. The first-order chi connectivity index (χ1) is 17.1. The molecule has 0 aliphatic carbocycles. The lowest BCUT2D eigenvalue weighted by molar-refractivity contribution is 0.102. The highest BCUT2D eigenvalue weighted by Gasteiger charge is 2.26. The third kappa shape index (κ3) is 5.66. The molecule has 0 spiro atoms. The van der Waals surface area contributed by atoms with Gasteiger partial charge in [0.25, 0.3) is 5.91 Å². The summed E-state index contributed by atoms with van der Waals surface area (Å²) in [5.41, 5.74) is 3.49. The largest absolute Gasteiger partial charge is 0.338 e. The van der Waals surface area contributed by atoms with Crippen LogP contribution in [-0.4, -0.2) is 41.7 Å². The minimum absolute atomic E-state index is 0.183. The maximum Gasteiger partial charge on any atom is 0.255 e. The smallest absolute Gasteiger partial charge is 0.255 e. The van der Waals surface area contributed by atoms with Crippen molar-refractivity contribution >= 4 is 32.7 Å². The summed E-state index contributed by atoms with van der Waals surface area (Å²) < 4.78 is 28.1. The number of para-hydroxylation sites is 3. The molecule has 0 fully saturated rings. The lowest BCUT2D eigenvalue weighted by Gasteiger charge is -2.25. The summed E-state index contributed by atoms with van der Waals surface area (Å²) in [5, 5.41) is 2.94. The number of aromatic amines is 1. The van der Waals surface area contributed by atoms with Gasteiger partial charge in [-0.2, -0.15) is 4.31 Å². The van der Waals surface area contributed by atoms with Crippen LogP contribution in [0, 0.1) is 11.8 Å². The summed E-state index contributed by atoms with van der Waals surface area (Å²) in [4.78, 5) is 21.2. The lowest BCUT2D eigenvalue weighted by Crippen LogP contribution is -2.37. The van der Waals surface area contributed by atoms with Crippen LogP contribution in [0.4, 0.5) is 5.69 Å². The average molecular weight is 505 g/mol. The van der Waals surface area contributed by atoms with Crippen molar-refractivity contribution < 1.29 is 13.2 Å². The SMILES string of the molecule is CC(C)CN(CC(C)C)S(=O)(=O)c1ccc(C(=O)Nc2ccccc2-c2nc3ccccc3[nH]2)cc1. The highest BCUT2D eigenvalue weighted by atomic mass is 32.2. The van der Waals surface area contributed by atoms with E-state index in [0.717, 1.165) is 16.6 Å². The fourth-order valence-electron chi connectivity index (χ4n) is 4.09. The van der Waals surface area contributed by atoms with Gasteiger partial charge in [0.15, 0.2) is 0 Å². The second-order valence-corrected chi connectivity index (χ2v) is 11.7. The summed E-state index contributed by atoms with van der Waals surface area (Å²) in [6.07, 6.45) is 0. The van der Waals surface area contributed by atoms with Gasteiger partial charge in [0.05, 0.1) is 21.6 Å². The van der Waals surface area contributed by atoms with E-state index in [0.29, 0.717) is 30.2 Å². The molecule has 0 unspecified atom stereocenters. The van der Waals surface area contributed by atoms with Crippen LogP contribution in [0.3, 0.4) is 0 Å². The molecule has 0 saturated carbocycles. The molecule has 1 amide bonds. The van der Waals surface area contributed by atoms with Crippen LogP contribution >= 0.6 is 0 Å². The molecule has 8 heteroatoms. The van der Waals surface area contributed by atoms with Crippen molar-refractivity contribution in [2.24, 2.45) is 11.8 Å². The number of aromatic nitrogens is 2. The van der Waals surface area contributed by atoms with E-state index < -0.39 is 10.0 Å². The Labute approximate surface area is 212 Å². The van der Waals surface area contributed by atoms with Crippen LogP contribution in [0.15, 0.2) is 77.7 Å². The molecular weight excluding hydrogens is 472 g/mol. The second-order valence-electron chi connectivity index (χ2n) is 9.74. The number of H-pyrrole nitrogens is 1. The number of sulfonamides is 1. The fraction of sp³-hybridized carbons (Fsp3) is 0.286. The van der Waals surface area contributed by atoms with Crippen LogP contribution in [-0.2, 0) is 10.0 Å². The molecule has 1 heterocycles. The summed E-state index contributed by atoms with van der Waals surface area (Å²) in [6, 6.07) is 21.3. The highest BCUT2D eigenvalue weighted by molar-refractivity contribution is 7.89. The van der Waals surface area contributed by atoms with E-state index in [4.69, 9.17) is 0 Å². The number of anilines is 1. The van der Waals surface area contributed by atoms with E-state index in [1.165, 1.54) is 16.4 Å². The first kappa shape index (κ1) is 25.6. The molecule has 7 nitrogen and oxygen atoms in total. The van der Waals surface area contributed by atoms with Crippen molar-refractivity contribution in [2.45, 2.75) is 32.6 Å². The third-order valence-electron chi connectivity index (χ3n) is 5.71. The number of nitrogens with zero attached hydrogens (tertiary/aromatic N) is 2. The second kappa shape index (κ2) is 10.6. The Bertz CT molecular complexity index is 1410. The molecule has 188 valence electrons. The predicted octanol–water partition coefficient (Wildman–Crippen LogP) is 5.78. The van der Waals surface area contributed by atoms with Crippen LogP contribution in [0.2, 0.25) is 0 Å². The monoisotopic (exact) mass is 504 g/mol. The number of fused-ring (bicyclic) bond motifs is 1. The summed E-state index contributed by atoms with van der Waals surface area (Å²) in [5.74, 6) is 0.735. The summed E-state index contributed by atoms with van der Waals surface area (Å²) >= 11 is 0. The van der Waals surface area contributed by atoms with Gasteiger partial charge in [-0.15, -0.1) is 0 Å². The number of hydrogen-bond donors (Lipinski definition) is 2. The first-order valence-electron chi connectivity index (χ1n) is 12.1. The van der Waals surface area contributed by atoms with Gasteiger partial charge in [0.1, 0.15) is 5.82 Å². The van der Waals surface area contributed by atoms with Crippen molar-refractivity contribution in [1.82, 2.24) is 14.3 Å². The maximum absolute atomic E-state index is 13.3. The van der Waals surface area contributed by atoms with Crippen molar-refractivity contribution in [2.75, 3.05) is 18.4 Å².